The van der Waals surface area contributed by atoms with Crippen LogP contribution in [0.25, 0.3) is 10.1 Å². The highest BCUT2D eigenvalue weighted by molar-refractivity contribution is 7.93. The Morgan fingerprint density at radius 1 is 1.18 bits per heavy atom. The van der Waals surface area contributed by atoms with Gasteiger partial charge in [0.15, 0.2) is 0 Å². The minimum Gasteiger partial charge on any atom is -0.495 e. The van der Waals surface area contributed by atoms with Gasteiger partial charge in [-0.15, -0.1) is 11.3 Å². The minimum absolute atomic E-state index is 0.0202. The van der Waals surface area contributed by atoms with E-state index >= 15 is 0 Å². The first kappa shape index (κ1) is 33.3. The number of alkyl halides is 4. The molecule has 244 valence electrons. The van der Waals surface area contributed by atoms with Gasteiger partial charge in [-0.05, 0) is 61.5 Å². The fraction of sp³-hybridized carbons (Fsp3) is 0.500. The molecule has 45 heavy (non-hydrogen) atoms. The number of thiophene rings is 1. The highest BCUT2D eigenvalue weighted by Crippen LogP contribution is 2.39. The highest BCUT2D eigenvalue weighted by atomic mass is 32.2. The third-order valence-electron chi connectivity index (χ3n) is 8.00. The summed E-state index contributed by atoms with van der Waals surface area (Å²) in [7, 11) is 0.716. The summed E-state index contributed by atoms with van der Waals surface area (Å²) in [6.45, 7) is 2.38. The van der Waals surface area contributed by atoms with Gasteiger partial charge in [-0.25, -0.2) is 13.0 Å². The normalized spacial score (nSPS) is 21.0. The molecule has 2 aliphatic heterocycles. The van der Waals surface area contributed by atoms with Gasteiger partial charge in [-0.1, -0.05) is 24.0 Å². The average Bonchev–Trinajstić information content (AvgIpc) is 3.33. The van der Waals surface area contributed by atoms with Crippen LogP contribution in [0.2, 0.25) is 0 Å². The molecule has 0 aliphatic carbocycles. The number of hydrogen-bond donors (Lipinski definition) is 2. The molecule has 2 N–H and O–H groups in total. The van der Waals surface area contributed by atoms with Crippen LogP contribution in [0.4, 0.5) is 28.9 Å². The smallest absolute Gasteiger partial charge is 0.393 e. The van der Waals surface area contributed by atoms with Crippen LogP contribution in [0.5, 0.6) is 5.75 Å². The summed E-state index contributed by atoms with van der Waals surface area (Å²) in [5, 5.41) is 6.88. The number of hydrogen-bond acceptors (Lipinski definition) is 8. The lowest BCUT2D eigenvalue weighted by atomic mass is 10.0. The predicted molar refractivity (Wildman–Crippen MR) is 173 cm³/mol. The molecular weight excluding hydrogens is 629 g/mol. The lowest BCUT2D eigenvalue weighted by Crippen LogP contribution is -2.46. The van der Waals surface area contributed by atoms with Crippen molar-refractivity contribution in [3.63, 3.8) is 0 Å². The molecule has 3 aromatic rings. The maximum Gasteiger partial charge on any atom is 0.393 e. The Morgan fingerprint density at radius 3 is 2.67 bits per heavy atom. The maximum absolute atomic E-state index is 14.8. The van der Waals surface area contributed by atoms with E-state index in [2.05, 4.69) is 26.8 Å². The zero-order valence-corrected chi connectivity index (χ0v) is 27.1. The van der Waals surface area contributed by atoms with E-state index in [4.69, 9.17) is 9.47 Å². The Hall–Kier alpha value is -3.05. The van der Waals surface area contributed by atoms with Crippen molar-refractivity contribution in [3.8, 4) is 17.6 Å². The summed E-state index contributed by atoms with van der Waals surface area (Å²) in [6, 6.07) is 9.86. The van der Waals surface area contributed by atoms with Crippen LogP contribution in [-0.2, 0) is 20.9 Å². The molecule has 0 saturated carbocycles. The Bertz CT molecular complexity index is 1680. The van der Waals surface area contributed by atoms with Crippen molar-refractivity contribution >= 4 is 42.5 Å². The number of fused-ring (bicyclic) bond motifs is 1. The number of nitrogens with zero attached hydrogens (tertiary/aromatic N) is 2. The molecule has 2 saturated heterocycles. The molecule has 2 aliphatic rings. The van der Waals surface area contributed by atoms with E-state index in [1.807, 2.05) is 11.9 Å². The van der Waals surface area contributed by atoms with E-state index in [0.717, 1.165) is 19.4 Å². The molecule has 3 heterocycles. The van der Waals surface area contributed by atoms with Crippen LogP contribution in [-0.4, -0.2) is 86.8 Å². The number of likely N-dealkylation sites (tertiary alicyclic amines) is 1. The molecule has 7 nitrogen and oxygen atoms in total. The van der Waals surface area contributed by atoms with Crippen LogP contribution < -0.4 is 15.4 Å². The average molecular weight is 667 g/mol. The van der Waals surface area contributed by atoms with Crippen molar-refractivity contribution in [3.05, 3.63) is 46.8 Å². The molecule has 2 aromatic carbocycles. The van der Waals surface area contributed by atoms with Crippen molar-refractivity contribution in [2.45, 2.75) is 55.0 Å². The fourth-order valence-electron chi connectivity index (χ4n) is 5.63. The summed E-state index contributed by atoms with van der Waals surface area (Å²) in [5.41, 5.74) is 1.34. The van der Waals surface area contributed by atoms with Gasteiger partial charge in [0.25, 0.3) is 0 Å². The van der Waals surface area contributed by atoms with Crippen LogP contribution in [0.1, 0.15) is 29.7 Å². The zero-order chi connectivity index (χ0) is 32.2. The molecule has 1 unspecified atom stereocenters. The summed E-state index contributed by atoms with van der Waals surface area (Å²) in [4.78, 5) is 2.79. The molecule has 2 fully saturated rings. The van der Waals surface area contributed by atoms with Gasteiger partial charge in [-0.3, -0.25) is 0 Å². The maximum atomic E-state index is 14.8. The second kappa shape index (κ2) is 14.2. The number of piperidine rings is 1. The number of halogens is 4. The lowest BCUT2D eigenvalue weighted by molar-refractivity contribution is -0.126. The van der Waals surface area contributed by atoms with Gasteiger partial charge in [0.2, 0.25) is 0 Å². The number of anilines is 2. The number of rotatable bonds is 8. The van der Waals surface area contributed by atoms with E-state index in [-0.39, 0.29) is 18.2 Å². The van der Waals surface area contributed by atoms with Crippen molar-refractivity contribution in [2.24, 2.45) is 4.36 Å². The van der Waals surface area contributed by atoms with Gasteiger partial charge >= 0.3 is 6.18 Å². The second-order valence-corrected chi connectivity index (χ2v) is 14.8. The third-order valence-corrected chi connectivity index (χ3v) is 11.0. The van der Waals surface area contributed by atoms with Gasteiger partial charge in [0.1, 0.15) is 11.9 Å². The van der Waals surface area contributed by atoms with Gasteiger partial charge in [-0.2, -0.15) is 13.2 Å². The van der Waals surface area contributed by atoms with Gasteiger partial charge in [0.05, 0.1) is 67.7 Å². The SMILES string of the molecule is COc1cc(S(C)(=O)=NC2CCOCC2)ccc1NCC#Cc1sc2c(N[C@H]3CCN(C)C[C@H]3F)cccc2c1CC(F)(F)F. The highest BCUT2D eigenvalue weighted by Gasteiger charge is 2.32. The number of nitrogens with one attached hydrogen (secondary N) is 2. The first-order valence-corrected chi connectivity index (χ1v) is 17.6. The Morgan fingerprint density at radius 2 is 1.96 bits per heavy atom. The molecule has 0 amide bonds. The molecule has 0 bridgehead atoms. The van der Waals surface area contributed by atoms with E-state index < -0.39 is 34.5 Å². The van der Waals surface area contributed by atoms with Crippen LogP contribution in [0, 0.1) is 11.8 Å². The summed E-state index contributed by atoms with van der Waals surface area (Å²) in [6.07, 6.45) is -2.94. The number of ether oxygens (including phenoxy) is 2. The van der Waals surface area contributed by atoms with Crippen LogP contribution >= 0.6 is 11.3 Å². The molecule has 13 heteroatoms. The lowest BCUT2D eigenvalue weighted by Gasteiger charge is -2.33. The molecule has 0 spiro atoms. The van der Waals surface area contributed by atoms with Gasteiger partial charge < -0.3 is 25.0 Å². The first-order valence-electron chi connectivity index (χ1n) is 14.8. The largest absolute Gasteiger partial charge is 0.495 e. The molecular formula is C32H38F4N4O3S2. The Kier molecular flexibility index (Phi) is 10.5. The number of methoxy groups -OCH3 is 1. The topological polar surface area (TPSA) is 75.2 Å². The zero-order valence-electron chi connectivity index (χ0n) is 25.5. The Labute approximate surface area is 265 Å². The van der Waals surface area contributed by atoms with Crippen molar-refractivity contribution in [2.75, 3.05) is 63.9 Å². The summed E-state index contributed by atoms with van der Waals surface area (Å²) in [5.74, 6) is 6.36. The van der Waals surface area contributed by atoms with E-state index in [1.54, 1.807) is 42.7 Å². The molecule has 0 radical (unpaired) electrons. The molecule has 5 rings (SSSR count). The standard InChI is InChI=1S/C32H38F4N4O3S2/c1-40-15-11-26(25(33)20-40)38-28-7-4-6-23-24(19-32(34,35)36)30(44-31(23)28)8-5-14-37-27-10-9-22(18-29(27)42-2)45(3,41)39-21-12-16-43-17-13-21/h4,6-7,9-10,18,21,25-26,37-38H,11-17,19-20H2,1-3H3/t25-,26+,45?/m1/s1. The predicted octanol–water partition coefficient (Wildman–Crippen LogP) is 6.57. The molecule has 3 atom stereocenters. The minimum atomic E-state index is -4.42. The van der Waals surface area contributed by atoms with E-state index in [9.17, 15) is 21.8 Å². The van der Waals surface area contributed by atoms with Crippen molar-refractivity contribution in [1.82, 2.24) is 4.90 Å². The van der Waals surface area contributed by atoms with E-state index in [0.29, 0.717) is 63.2 Å². The number of benzene rings is 2. The van der Waals surface area contributed by atoms with Crippen molar-refractivity contribution < 1.29 is 31.2 Å². The van der Waals surface area contributed by atoms with Crippen LogP contribution in [0.15, 0.2) is 45.7 Å². The molecule has 1 aromatic heterocycles. The van der Waals surface area contributed by atoms with Crippen molar-refractivity contribution in [1.29, 1.82) is 0 Å². The first-order chi connectivity index (χ1) is 21.4. The summed E-state index contributed by atoms with van der Waals surface area (Å²) < 4.78 is 85.3. The third kappa shape index (κ3) is 8.41. The second-order valence-electron chi connectivity index (χ2n) is 11.5. The Balaban J connectivity index is 1.36. The quantitative estimate of drug-likeness (QED) is 0.210. The fourth-order valence-corrected chi connectivity index (χ4v) is 8.35. The van der Waals surface area contributed by atoms with E-state index in [1.165, 1.54) is 18.4 Å². The monoisotopic (exact) mass is 666 g/mol. The summed E-state index contributed by atoms with van der Waals surface area (Å²) >= 11 is 1.18. The van der Waals surface area contributed by atoms with Gasteiger partial charge in [0, 0.05) is 32.6 Å². The van der Waals surface area contributed by atoms with Crippen LogP contribution in [0.3, 0.4) is 0 Å².